The number of aromatic amines is 1. The van der Waals surface area contributed by atoms with Crippen LogP contribution in [0.25, 0.3) is 10.9 Å². The summed E-state index contributed by atoms with van der Waals surface area (Å²) in [6.45, 7) is 2.89. The first-order valence-corrected chi connectivity index (χ1v) is 7.03. The maximum absolute atomic E-state index is 11.3. The molecule has 1 aliphatic heterocycles. The van der Waals surface area contributed by atoms with E-state index in [1.807, 2.05) is 6.07 Å². The summed E-state index contributed by atoms with van der Waals surface area (Å²) in [6, 6.07) is 8.57. The van der Waals surface area contributed by atoms with E-state index in [1.54, 1.807) is 0 Å². The second-order valence-corrected chi connectivity index (χ2v) is 5.35. The standard InChI is InChI=1S/C15H20N4O/c16-7-15(20)18-12-5-6-19(10-12)9-11-8-17-14-4-2-1-3-13(11)14/h1-4,8,12,17H,5-7,9-10,16H2,(H,18,20). The first-order chi connectivity index (χ1) is 9.76. The van der Waals surface area contributed by atoms with Gasteiger partial charge in [0, 0.05) is 42.8 Å². The van der Waals surface area contributed by atoms with Crippen LogP contribution in [0.3, 0.4) is 0 Å². The van der Waals surface area contributed by atoms with Crippen molar-refractivity contribution in [2.45, 2.75) is 19.0 Å². The molecule has 0 aliphatic carbocycles. The lowest BCUT2D eigenvalue weighted by Crippen LogP contribution is -2.40. The average Bonchev–Trinajstić information content (AvgIpc) is 3.07. The molecule has 5 heteroatoms. The Morgan fingerprint density at radius 3 is 3.15 bits per heavy atom. The lowest BCUT2D eigenvalue weighted by atomic mass is 10.1. The number of likely N-dealkylation sites (tertiary alicyclic amines) is 1. The van der Waals surface area contributed by atoms with Crippen molar-refractivity contribution in [3.05, 3.63) is 36.0 Å². The predicted molar refractivity (Wildman–Crippen MR) is 79.2 cm³/mol. The molecule has 1 amide bonds. The van der Waals surface area contributed by atoms with Crippen molar-refractivity contribution in [2.24, 2.45) is 5.73 Å². The number of nitrogens with zero attached hydrogens (tertiary/aromatic N) is 1. The largest absolute Gasteiger partial charge is 0.361 e. The van der Waals surface area contributed by atoms with Crippen LogP contribution < -0.4 is 11.1 Å². The number of rotatable bonds is 4. The summed E-state index contributed by atoms with van der Waals surface area (Å²) in [7, 11) is 0. The number of benzene rings is 1. The molecular formula is C15H20N4O. The Bertz CT molecular complexity index is 607. The molecule has 0 spiro atoms. The highest BCUT2D eigenvalue weighted by atomic mass is 16.1. The number of carbonyl (C=O) groups is 1. The van der Waals surface area contributed by atoms with Crippen LogP contribution in [0, 0.1) is 0 Å². The van der Waals surface area contributed by atoms with Gasteiger partial charge in [0.05, 0.1) is 6.54 Å². The molecule has 0 radical (unpaired) electrons. The van der Waals surface area contributed by atoms with Gasteiger partial charge in [0.2, 0.25) is 5.91 Å². The summed E-state index contributed by atoms with van der Waals surface area (Å²) < 4.78 is 0. The van der Waals surface area contributed by atoms with Crippen molar-refractivity contribution in [3.63, 3.8) is 0 Å². The van der Waals surface area contributed by atoms with E-state index in [0.717, 1.165) is 26.1 Å². The van der Waals surface area contributed by atoms with Crippen LogP contribution in [0.1, 0.15) is 12.0 Å². The molecule has 3 rings (SSSR count). The Morgan fingerprint density at radius 1 is 1.45 bits per heavy atom. The first-order valence-electron chi connectivity index (χ1n) is 7.03. The second-order valence-electron chi connectivity index (χ2n) is 5.35. The van der Waals surface area contributed by atoms with Gasteiger partial charge in [0.25, 0.3) is 0 Å². The van der Waals surface area contributed by atoms with Crippen molar-refractivity contribution in [2.75, 3.05) is 19.6 Å². The van der Waals surface area contributed by atoms with Gasteiger partial charge in [-0.2, -0.15) is 0 Å². The number of hydrogen-bond donors (Lipinski definition) is 3. The Labute approximate surface area is 118 Å². The monoisotopic (exact) mass is 272 g/mol. The molecular weight excluding hydrogens is 252 g/mol. The molecule has 1 aliphatic rings. The number of para-hydroxylation sites is 1. The summed E-state index contributed by atoms with van der Waals surface area (Å²) in [5.41, 5.74) is 7.81. The lowest BCUT2D eigenvalue weighted by molar-refractivity contribution is -0.120. The smallest absolute Gasteiger partial charge is 0.233 e. The van der Waals surface area contributed by atoms with Gasteiger partial charge >= 0.3 is 0 Å². The summed E-state index contributed by atoms with van der Waals surface area (Å²) >= 11 is 0. The van der Waals surface area contributed by atoms with Crippen LogP contribution >= 0.6 is 0 Å². The minimum atomic E-state index is -0.0658. The third-order valence-corrected chi connectivity index (χ3v) is 3.89. The minimum absolute atomic E-state index is 0.0658. The predicted octanol–water partition coefficient (Wildman–Crippen LogP) is 0.817. The fourth-order valence-electron chi connectivity index (χ4n) is 2.88. The fourth-order valence-corrected chi connectivity index (χ4v) is 2.88. The highest BCUT2D eigenvalue weighted by Crippen LogP contribution is 2.21. The number of aromatic nitrogens is 1. The fraction of sp³-hybridized carbons (Fsp3) is 0.400. The molecule has 5 nitrogen and oxygen atoms in total. The molecule has 2 heterocycles. The van der Waals surface area contributed by atoms with E-state index in [4.69, 9.17) is 5.73 Å². The third-order valence-electron chi connectivity index (χ3n) is 3.89. The van der Waals surface area contributed by atoms with Crippen LogP contribution in [-0.4, -0.2) is 41.5 Å². The van der Waals surface area contributed by atoms with E-state index in [0.29, 0.717) is 0 Å². The van der Waals surface area contributed by atoms with Crippen LogP contribution in [-0.2, 0) is 11.3 Å². The highest BCUT2D eigenvalue weighted by Gasteiger charge is 2.23. The van der Waals surface area contributed by atoms with Crippen molar-refractivity contribution < 1.29 is 4.79 Å². The average molecular weight is 272 g/mol. The number of fused-ring (bicyclic) bond motifs is 1. The van der Waals surface area contributed by atoms with Gasteiger partial charge in [-0.15, -0.1) is 0 Å². The maximum atomic E-state index is 11.3. The van der Waals surface area contributed by atoms with Crippen molar-refractivity contribution >= 4 is 16.8 Å². The van der Waals surface area contributed by atoms with Crippen LogP contribution in [0.5, 0.6) is 0 Å². The Hall–Kier alpha value is -1.85. The van der Waals surface area contributed by atoms with Gasteiger partial charge in [-0.05, 0) is 18.1 Å². The van der Waals surface area contributed by atoms with Gasteiger partial charge in [-0.25, -0.2) is 0 Å². The summed E-state index contributed by atoms with van der Waals surface area (Å²) in [6.07, 6.45) is 3.07. The topological polar surface area (TPSA) is 74.2 Å². The Morgan fingerprint density at radius 2 is 2.30 bits per heavy atom. The van der Waals surface area contributed by atoms with Crippen LogP contribution in [0.15, 0.2) is 30.5 Å². The number of carbonyl (C=O) groups excluding carboxylic acids is 1. The zero-order valence-electron chi connectivity index (χ0n) is 11.4. The zero-order valence-corrected chi connectivity index (χ0v) is 11.4. The van der Waals surface area contributed by atoms with Crippen LogP contribution in [0.2, 0.25) is 0 Å². The molecule has 1 unspecified atom stereocenters. The van der Waals surface area contributed by atoms with Crippen molar-refractivity contribution in [1.29, 1.82) is 0 Å². The normalized spacial score (nSPS) is 19.6. The maximum Gasteiger partial charge on any atom is 0.233 e. The molecule has 0 bridgehead atoms. The molecule has 1 aromatic carbocycles. The third kappa shape index (κ3) is 2.69. The number of amides is 1. The first kappa shape index (κ1) is 13.1. The van der Waals surface area contributed by atoms with Gasteiger partial charge in [0.1, 0.15) is 0 Å². The van der Waals surface area contributed by atoms with E-state index in [1.165, 1.54) is 16.5 Å². The SMILES string of the molecule is NCC(=O)NC1CCN(Cc2c[nH]c3ccccc23)C1. The van der Waals surface area contributed by atoms with Gasteiger partial charge in [-0.3, -0.25) is 9.69 Å². The van der Waals surface area contributed by atoms with E-state index in [9.17, 15) is 4.79 Å². The summed E-state index contributed by atoms with van der Waals surface area (Å²) in [4.78, 5) is 17.0. The molecule has 4 N–H and O–H groups in total. The number of nitrogens with one attached hydrogen (secondary N) is 2. The summed E-state index contributed by atoms with van der Waals surface area (Å²) in [5, 5.41) is 4.24. The quantitative estimate of drug-likeness (QED) is 0.771. The van der Waals surface area contributed by atoms with Gasteiger partial charge in [0.15, 0.2) is 0 Å². The molecule has 20 heavy (non-hydrogen) atoms. The molecule has 2 aromatic rings. The number of H-pyrrole nitrogens is 1. The molecule has 1 saturated heterocycles. The van der Waals surface area contributed by atoms with Gasteiger partial charge in [-0.1, -0.05) is 18.2 Å². The molecule has 106 valence electrons. The summed E-state index contributed by atoms with van der Waals surface area (Å²) in [5.74, 6) is -0.0658. The Balaban J connectivity index is 1.63. The second kappa shape index (κ2) is 5.64. The zero-order chi connectivity index (χ0) is 13.9. The molecule has 1 fully saturated rings. The number of hydrogen-bond acceptors (Lipinski definition) is 3. The Kier molecular flexibility index (Phi) is 3.71. The van der Waals surface area contributed by atoms with Gasteiger partial charge < -0.3 is 16.0 Å². The van der Waals surface area contributed by atoms with E-state index >= 15 is 0 Å². The lowest BCUT2D eigenvalue weighted by Gasteiger charge is -2.16. The molecule has 1 atom stereocenters. The minimum Gasteiger partial charge on any atom is -0.361 e. The molecule has 1 aromatic heterocycles. The van der Waals surface area contributed by atoms with E-state index in [2.05, 4.69) is 39.6 Å². The van der Waals surface area contributed by atoms with Crippen molar-refractivity contribution in [1.82, 2.24) is 15.2 Å². The molecule has 0 saturated carbocycles. The van der Waals surface area contributed by atoms with E-state index in [-0.39, 0.29) is 18.5 Å². The van der Waals surface area contributed by atoms with Crippen LogP contribution in [0.4, 0.5) is 0 Å². The van der Waals surface area contributed by atoms with E-state index < -0.39 is 0 Å². The highest BCUT2D eigenvalue weighted by molar-refractivity contribution is 5.83. The number of nitrogens with two attached hydrogens (primary N) is 1. The van der Waals surface area contributed by atoms with Crippen molar-refractivity contribution in [3.8, 4) is 0 Å².